The summed E-state index contributed by atoms with van der Waals surface area (Å²) in [6.07, 6.45) is 4.56. The summed E-state index contributed by atoms with van der Waals surface area (Å²) in [5.74, 6) is 1.76. The van der Waals surface area contributed by atoms with Crippen molar-refractivity contribution in [2.24, 2.45) is 5.92 Å². The number of methoxy groups -OCH3 is 1. The number of hydrogen-bond donors (Lipinski definition) is 1. The number of benzene rings is 1. The quantitative estimate of drug-likeness (QED) is 0.906. The Morgan fingerprint density at radius 2 is 1.95 bits per heavy atom. The molecule has 0 saturated heterocycles. The van der Waals surface area contributed by atoms with E-state index < -0.39 is 0 Å². The van der Waals surface area contributed by atoms with Gasteiger partial charge >= 0.3 is 0 Å². The molecule has 4 heteroatoms. The van der Waals surface area contributed by atoms with Gasteiger partial charge in [0.25, 0.3) is 0 Å². The summed E-state index contributed by atoms with van der Waals surface area (Å²) >= 11 is 0. The average molecular weight is 269 g/mol. The summed E-state index contributed by atoms with van der Waals surface area (Å²) in [5, 5.41) is 3.37. The van der Waals surface area contributed by atoms with Gasteiger partial charge in [-0.05, 0) is 30.9 Å². The van der Waals surface area contributed by atoms with Crippen molar-refractivity contribution >= 4 is 0 Å². The van der Waals surface area contributed by atoms with Gasteiger partial charge in [0, 0.05) is 12.4 Å². The van der Waals surface area contributed by atoms with Gasteiger partial charge in [0.2, 0.25) is 5.88 Å². The molecule has 1 aliphatic carbocycles. The molecule has 1 N–H and O–H groups in total. The van der Waals surface area contributed by atoms with Crippen molar-refractivity contribution in [3.05, 3.63) is 54.0 Å². The predicted octanol–water partition coefficient (Wildman–Crippen LogP) is 2.55. The first-order valence-corrected chi connectivity index (χ1v) is 6.92. The van der Waals surface area contributed by atoms with E-state index in [2.05, 4.69) is 45.6 Å². The highest BCUT2D eigenvalue weighted by molar-refractivity contribution is 5.31. The molecule has 1 heterocycles. The van der Waals surface area contributed by atoms with Crippen LogP contribution >= 0.6 is 0 Å². The Morgan fingerprint density at radius 3 is 2.65 bits per heavy atom. The molecule has 3 unspecified atom stereocenters. The van der Waals surface area contributed by atoms with Crippen molar-refractivity contribution in [2.75, 3.05) is 14.2 Å². The lowest BCUT2D eigenvalue weighted by molar-refractivity contribution is 0.373. The lowest BCUT2D eigenvalue weighted by atomic mass is 10.0. The molecule has 0 amide bonds. The van der Waals surface area contributed by atoms with E-state index >= 15 is 0 Å². The Bertz CT molecular complexity index is 573. The molecule has 1 aromatic heterocycles. The average Bonchev–Trinajstić information content (AvgIpc) is 3.30. The van der Waals surface area contributed by atoms with E-state index in [0.29, 0.717) is 17.7 Å². The lowest BCUT2D eigenvalue weighted by Gasteiger charge is -2.17. The zero-order chi connectivity index (χ0) is 13.9. The van der Waals surface area contributed by atoms with Crippen LogP contribution in [-0.4, -0.2) is 24.1 Å². The summed E-state index contributed by atoms with van der Waals surface area (Å²) in [4.78, 5) is 8.71. The number of hydrogen-bond acceptors (Lipinski definition) is 4. The van der Waals surface area contributed by atoms with Crippen LogP contribution in [0.4, 0.5) is 0 Å². The van der Waals surface area contributed by atoms with Gasteiger partial charge in [-0.1, -0.05) is 30.3 Å². The number of nitrogens with zero attached hydrogens (tertiary/aromatic N) is 2. The Hall–Kier alpha value is -1.94. The van der Waals surface area contributed by atoms with Gasteiger partial charge in [-0.25, -0.2) is 4.98 Å². The summed E-state index contributed by atoms with van der Waals surface area (Å²) in [5.41, 5.74) is 2.31. The molecule has 0 aliphatic heterocycles. The van der Waals surface area contributed by atoms with Crippen LogP contribution in [0.1, 0.15) is 29.6 Å². The van der Waals surface area contributed by atoms with Crippen molar-refractivity contribution < 1.29 is 4.74 Å². The van der Waals surface area contributed by atoms with Gasteiger partial charge < -0.3 is 10.1 Å². The summed E-state index contributed by atoms with van der Waals surface area (Å²) < 4.78 is 5.33. The molecule has 0 spiro atoms. The van der Waals surface area contributed by atoms with Crippen LogP contribution in [-0.2, 0) is 0 Å². The van der Waals surface area contributed by atoms with E-state index in [1.165, 1.54) is 12.0 Å². The van der Waals surface area contributed by atoms with E-state index in [-0.39, 0.29) is 6.04 Å². The topological polar surface area (TPSA) is 47.0 Å². The largest absolute Gasteiger partial charge is 0.480 e. The van der Waals surface area contributed by atoms with Crippen LogP contribution in [0.2, 0.25) is 0 Å². The third-order valence-electron chi connectivity index (χ3n) is 3.99. The Balaban J connectivity index is 1.82. The van der Waals surface area contributed by atoms with E-state index in [4.69, 9.17) is 4.74 Å². The molecule has 0 radical (unpaired) electrons. The molecule has 1 saturated carbocycles. The minimum absolute atomic E-state index is 0.184. The van der Waals surface area contributed by atoms with Gasteiger partial charge in [-0.15, -0.1) is 0 Å². The smallest absolute Gasteiger partial charge is 0.237 e. The first-order chi connectivity index (χ1) is 9.85. The highest BCUT2D eigenvalue weighted by Crippen LogP contribution is 2.54. The summed E-state index contributed by atoms with van der Waals surface area (Å²) in [6, 6.07) is 10.8. The van der Waals surface area contributed by atoms with E-state index in [1.54, 1.807) is 19.5 Å². The molecule has 1 fully saturated rings. The molecule has 104 valence electrons. The Labute approximate surface area is 119 Å². The molecule has 1 aromatic carbocycles. The molecular formula is C16H19N3O. The molecule has 1 aliphatic rings. The second-order valence-electron chi connectivity index (χ2n) is 5.13. The first kappa shape index (κ1) is 13.1. The maximum absolute atomic E-state index is 5.33. The standard InChI is InChI=1S/C16H19N3O/c1-17-14(15-16(20-2)19-9-8-18-15)13-10-12(13)11-6-4-3-5-7-11/h3-9,12-14,17H,10H2,1-2H3. The van der Waals surface area contributed by atoms with Crippen molar-refractivity contribution in [1.82, 2.24) is 15.3 Å². The third kappa shape index (κ3) is 2.39. The van der Waals surface area contributed by atoms with Gasteiger partial charge in [0.05, 0.1) is 13.2 Å². The summed E-state index contributed by atoms with van der Waals surface area (Å²) in [6.45, 7) is 0. The minimum atomic E-state index is 0.184. The van der Waals surface area contributed by atoms with Gasteiger partial charge in [-0.2, -0.15) is 0 Å². The highest BCUT2D eigenvalue weighted by atomic mass is 16.5. The monoisotopic (exact) mass is 269 g/mol. The minimum Gasteiger partial charge on any atom is -0.480 e. The van der Waals surface area contributed by atoms with Crippen molar-refractivity contribution in [3.8, 4) is 5.88 Å². The third-order valence-corrected chi connectivity index (χ3v) is 3.99. The van der Waals surface area contributed by atoms with Gasteiger partial charge in [0.15, 0.2) is 0 Å². The van der Waals surface area contributed by atoms with Crippen LogP contribution in [0, 0.1) is 5.92 Å². The lowest BCUT2D eigenvalue weighted by Crippen LogP contribution is -2.21. The van der Waals surface area contributed by atoms with Crippen molar-refractivity contribution in [2.45, 2.75) is 18.4 Å². The normalized spacial score (nSPS) is 22.3. The molecule has 2 aromatic rings. The number of nitrogens with one attached hydrogen (secondary N) is 1. The predicted molar refractivity (Wildman–Crippen MR) is 77.7 cm³/mol. The fourth-order valence-corrected chi connectivity index (χ4v) is 2.93. The zero-order valence-corrected chi connectivity index (χ0v) is 11.8. The molecule has 3 atom stereocenters. The Kier molecular flexibility index (Phi) is 3.65. The van der Waals surface area contributed by atoms with Crippen molar-refractivity contribution in [3.63, 3.8) is 0 Å². The second kappa shape index (κ2) is 5.59. The maximum atomic E-state index is 5.33. The van der Waals surface area contributed by atoms with Crippen molar-refractivity contribution in [1.29, 1.82) is 0 Å². The Morgan fingerprint density at radius 1 is 1.20 bits per heavy atom. The molecule has 4 nitrogen and oxygen atoms in total. The number of rotatable bonds is 5. The number of aromatic nitrogens is 2. The SMILES string of the molecule is CNC(c1nccnc1OC)C1CC1c1ccccc1. The molecule has 3 rings (SSSR count). The van der Waals surface area contributed by atoms with Gasteiger partial charge in [-0.3, -0.25) is 4.98 Å². The summed E-state index contributed by atoms with van der Waals surface area (Å²) in [7, 11) is 3.61. The number of ether oxygens (including phenoxy) is 1. The van der Waals surface area contributed by atoms with Crippen LogP contribution in [0.5, 0.6) is 5.88 Å². The zero-order valence-electron chi connectivity index (χ0n) is 11.8. The first-order valence-electron chi connectivity index (χ1n) is 6.92. The fraction of sp³-hybridized carbons (Fsp3) is 0.375. The van der Waals surface area contributed by atoms with Crippen LogP contribution in [0.25, 0.3) is 0 Å². The maximum Gasteiger partial charge on any atom is 0.237 e. The molecule has 20 heavy (non-hydrogen) atoms. The van der Waals surface area contributed by atoms with Crippen LogP contribution in [0.3, 0.4) is 0 Å². The van der Waals surface area contributed by atoms with E-state index in [0.717, 1.165) is 5.69 Å². The van der Waals surface area contributed by atoms with E-state index in [1.807, 2.05) is 7.05 Å². The second-order valence-corrected chi connectivity index (χ2v) is 5.13. The van der Waals surface area contributed by atoms with Crippen LogP contribution < -0.4 is 10.1 Å². The highest BCUT2D eigenvalue weighted by Gasteiger charge is 2.45. The molecular weight excluding hydrogens is 250 g/mol. The fourth-order valence-electron chi connectivity index (χ4n) is 2.93. The van der Waals surface area contributed by atoms with Gasteiger partial charge in [0.1, 0.15) is 5.69 Å². The van der Waals surface area contributed by atoms with E-state index in [9.17, 15) is 0 Å². The van der Waals surface area contributed by atoms with Crippen LogP contribution in [0.15, 0.2) is 42.7 Å². The molecule has 0 bridgehead atoms.